The largest absolute Gasteiger partial charge is 0.393 e. The van der Waals surface area contributed by atoms with E-state index in [-0.39, 0.29) is 12.2 Å². The SMILES string of the molecule is CC1CCC[C@](C)(CO)O1. The summed E-state index contributed by atoms with van der Waals surface area (Å²) in [5.74, 6) is 0. The number of ether oxygens (including phenoxy) is 1. The molecule has 0 amide bonds. The third-order valence-corrected chi connectivity index (χ3v) is 2.14. The van der Waals surface area contributed by atoms with E-state index < -0.39 is 0 Å². The first kappa shape index (κ1) is 8.02. The summed E-state index contributed by atoms with van der Waals surface area (Å²) >= 11 is 0. The van der Waals surface area contributed by atoms with Gasteiger partial charge in [0.2, 0.25) is 0 Å². The first-order chi connectivity index (χ1) is 4.66. The number of hydrogen-bond donors (Lipinski definition) is 1. The number of aliphatic hydroxyl groups excluding tert-OH is 1. The van der Waals surface area contributed by atoms with Gasteiger partial charge in [-0.1, -0.05) is 0 Å². The molecule has 1 aliphatic rings. The summed E-state index contributed by atoms with van der Waals surface area (Å²) < 4.78 is 5.57. The Hall–Kier alpha value is -0.0800. The van der Waals surface area contributed by atoms with Crippen molar-refractivity contribution in [1.29, 1.82) is 0 Å². The fourth-order valence-electron chi connectivity index (χ4n) is 1.48. The molecule has 0 spiro atoms. The van der Waals surface area contributed by atoms with Crippen LogP contribution in [-0.2, 0) is 4.74 Å². The van der Waals surface area contributed by atoms with Gasteiger partial charge in [-0.2, -0.15) is 0 Å². The molecule has 1 N–H and O–H groups in total. The Balaban J connectivity index is 2.45. The fourth-order valence-corrected chi connectivity index (χ4v) is 1.48. The molecule has 2 nitrogen and oxygen atoms in total. The second kappa shape index (κ2) is 2.89. The van der Waals surface area contributed by atoms with E-state index in [9.17, 15) is 0 Å². The minimum atomic E-state index is -0.252. The molecule has 1 aliphatic heterocycles. The highest BCUT2D eigenvalue weighted by Gasteiger charge is 2.29. The molecule has 0 bridgehead atoms. The van der Waals surface area contributed by atoms with Crippen LogP contribution < -0.4 is 0 Å². The molecule has 0 aromatic rings. The summed E-state index contributed by atoms with van der Waals surface area (Å²) in [6, 6.07) is 0. The highest BCUT2D eigenvalue weighted by Crippen LogP contribution is 2.27. The monoisotopic (exact) mass is 144 g/mol. The van der Waals surface area contributed by atoms with E-state index in [1.807, 2.05) is 6.92 Å². The Morgan fingerprint density at radius 1 is 1.70 bits per heavy atom. The van der Waals surface area contributed by atoms with E-state index in [1.54, 1.807) is 0 Å². The van der Waals surface area contributed by atoms with Crippen LogP contribution in [-0.4, -0.2) is 23.4 Å². The van der Waals surface area contributed by atoms with E-state index in [2.05, 4.69) is 6.92 Å². The van der Waals surface area contributed by atoms with Crippen molar-refractivity contribution in [1.82, 2.24) is 0 Å². The summed E-state index contributed by atoms with van der Waals surface area (Å²) in [4.78, 5) is 0. The minimum absolute atomic E-state index is 0.150. The molecule has 0 radical (unpaired) electrons. The van der Waals surface area contributed by atoms with Gasteiger partial charge >= 0.3 is 0 Å². The van der Waals surface area contributed by atoms with Crippen molar-refractivity contribution >= 4 is 0 Å². The molecule has 2 atom stereocenters. The lowest BCUT2D eigenvalue weighted by Gasteiger charge is -2.35. The van der Waals surface area contributed by atoms with Crippen LogP contribution in [0.25, 0.3) is 0 Å². The van der Waals surface area contributed by atoms with Crippen molar-refractivity contribution < 1.29 is 9.84 Å². The highest BCUT2D eigenvalue weighted by molar-refractivity contribution is 4.79. The zero-order valence-corrected chi connectivity index (χ0v) is 6.76. The van der Waals surface area contributed by atoms with Gasteiger partial charge in [0.15, 0.2) is 0 Å². The highest BCUT2D eigenvalue weighted by atomic mass is 16.5. The van der Waals surface area contributed by atoms with Gasteiger partial charge in [-0.3, -0.25) is 0 Å². The molecule has 0 aliphatic carbocycles. The maximum atomic E-state index is 8.94. The fraction of sp³-hybridized carbons (Fsp3) is 1.00. The van der Waals surface area contributed by atoms with Gasteiger partial charge in [-0.25, -0.2) is 0 Å². The predicted molar refractivity (Wildman–Crippen MR) is 39.9 cm³/mol. The predicted octanol–water partition coefficient (Wildman–Crippen LogP) is 1.33. The van der Waals surface area contributed by atoms with Crippen LogP contribution in [0, 0.1) is 0 Å². The van der Waals surface area contributed by atoms with E-state index in [1.165, 1.54) is 6.42 Å². The average molecular weight is 144 g/mol. The number of hydrogen-bond acceptors (Lipinski definition) is 2. The van der Waals surface area contributed by atoms with Crippen LogP contribution in [0.5, 0.6) is 0 Å². The summed E-state index contributed by atoms with van der Waals surface area (Å²) in [6.07, 6.45) is 3.63. The standard InChI is InChI=1S/C8H16O2/c1-7-4-3-5-8(2,6-9)10-7/h7,9H,3-6H2,1-2H3/t7?,8-/m1/s1. The van der Waals surface area contributed by atoms with Crippen LogP contribution in [0.15, 0.2) is 0 Å². The number of aliphatic hydroxyl groups is 1. The Labute approximate surface area is 62.2 Å². The molecular weight excluding hydrogens is 128 g/mol. The Morgan fingerprint density at radius 3 is 2.80 bits per heavy atom. The molecule has 60 valence electrons. The molecule has 0 aromatic carbocycles. The summed E-state index contributed by atoms with van der Waals surface area (Å²) in [5.41, 5.74) is -0.252. The molecular formula is C8H16O2. The molecule has 1 rings (SSSR count). The topological polar surface area (TPSA) is 29.5 Å². The van der Waals surface area contributed by atoms with Gasteiger partial charge in [0.05, 0.1) is 18.3 Å². The Morgan fingerprint density at radius 2 is 2.40 bits per heavy atom. The minimum Gasteiger partial charge on any atom is -0.393 e. The van der Waals surface area contributed by atoms with Crippen LogP contribution in [0.2, 0.25) is 0 Å². The maximum Gasteiger partial charge on any atom is 0.0887 e. The first-order valence-electron chi connectivity index (χ1n) is 3.95. The molecule has 1 fully saturated rings. The van der Waals surface area contributed by atoms with E-state index in [0.29, 0.717) is 6.10 Å². The van der Waals surface area contributed by atoms with Crippen molar-refractivity contribution in [3.8, 4) is 0 Å². The van der Waals surface area contributed by atoms with Crippen LogP contribution in [0.1, 0.15) is 33.1 Å². The second-order valence-electron chi connectivity index (χ2n) is 3.43. The summed E-state index contributed by atoms with van der Waals surface area (Å²) in [7, 11) is 0. The van der Waals surface area contributed by atoms with Crippen LogP contribution in [0.3, 0.4) is 0 Å². The van der Waals surface area contributed by atoms with Gasteiger partial charge < -0.3 is 9.84 Å². The van der Waals surface area contributed by atoms with Crippen molar-refractivity contribution in [2.45, 2.75) is 44.8 Å². The van der Waals surface area contributed by atoms with Crippen molar-refractivity contribution in [2.24, 2.45) is 0 Å². The van der Waals surface area contributed by atoms with Gasteiger partial charge in [0, 0.05) is 0 Å². The van der Waals surface area contributed by atoms with Gasteiger partial charge in [-0.05, 0) is 33.1 Å². The summed E-state index contributed by atoms with van der Waals surface area (Å²) in [6.45, 7) is 4.19. The average Bonchev–Trinajstić information content (AvgIpc) is 1.88. The van der Waals surface area contributed by atoms with Crippen LogP contribution >= 0.6 is 0 Å². The molecule has 1 saturated heterocycles. The van der Waals surface area contributed by atoms with E-state index in [0.717, 1.165) is 12.8 Å². The van der Waals surface area contributed by atoms with Gasteiger partial charge in [0.1, 0.15) is 0 Å². The van der Waals surface area contributed by atoms with Crippen LogP contribution in [0.4, 0.5) is 0 Å². The Kier molecular flexibility index (Phi) is 2.32. The van der Waals surface area contributed by atoms with Crippen molar-refractivity contribution in [2.75, 3.05) is 6.61 Å². The van der Waals surface area contributed by atoms with E-state index >= 15 is 0 Å². The van der Waals surface area contributed by atoms with E-state index in [4.69, 9.17) is 9.84 Å². The number of rotatable bonds is 1. The first-order valence-corrected chi connectivity index (χ1v) is 3.95. The zero-order chi connectivity index (χ0) is 7.61. The molecule has 1 heterocycles. The Bertz CT molecular complexity index is 114. The summed E-state index contributed by atoms with van der Waals surface area (Å²) in [5, 5.41) is 8.94. The molecule has 1 unspecified atom stereocenters. The lowest BCUT2D eigenvalue weighted by molar-refractivity contribution is -0.132. The lowest BCUT2D eigenvalue weighted by Crippen LogP contribution is -2.39. The van der Waals surface area contributed by atoms with Crippen molar-refractivity contribution in [3.63, 3.8) is 0 Å². The van der Waals surface area contributed by atoms with Crippen molar-refractivity contribution in [3.05, 3.63) is 0 Å². The third-order valence-electron chi connectivity index (χ3n) is 2.14. The second-order valence-corrected chi connectivity index (χ2v) is 3.43. The maximum absolute atomic E-state index is 8.94. The normalized spacial score (nSPS) is 41.7. The smallest absolute Gasteiger partial charge is 0.0887 e. The quantitative estimate of drug-likeness (QED) is 0.601. The molecule has 0 aromatic heterocycles. The lowest BCUT2D eigenvalue weighted by atomic mass is 9.94. The molecule has 0 saturated carbocycles. The molecule has 2 heteroatoms. The zero-order valence-electron chi connectivity index (χ0n) is 6.76. The van der Waals surface area contributed by atoms with Gasteiger partial charge in [-0.15, -0.1) is 0 Å². The third kappa shape index (κ3) is 1.70. The van der Waals surface area contributed by atoms with Gasteiger partial charge in [0.25, 0.3) is 0 Å². The molecule has 10 heavy (non-hydrogen) atoms.